The van der Waals surface area contributed by atoms with Crippen LogP contribution in [0, 0.1) is 0 Å². The normalized spacial score (nSPS) is 10.7. The smallest absolute Gasteiger partial charge is 0.133 e. The van der Waals surface area contributed by atoms with Gasteiger partial charge in [-0.15, -0.1) is 5.10 Å². The maximum absolute atomic E-state index is 5.41. The molecule has 2 heterocycles. The first-order valence-electron chi connectivity index (χ1n) is 7.02. The van der Waals surface area contributed by atoms with Crippen molar-refractivity contribution < 1.29 is 4.42 Å². The van der Waals surface area contributed by atoms with Crippen molar-refractivity contribution in [2.45, 2.75) is 0 Å². The minimum absolute atomic E-state index is 0.855. The van der Waals surface area contributed by atoms with E-state index in [1.807, 2.05) is 71.4 Å². The highest BCUT2D eigenvalue weighted by Gasteiger charge is 2.09. The molecule has 0 atom stereocenters. The van der Waals surface area contributed by atoms with E-state index in [1.165, 1.54) is 0 Å². The second-order valence-corrected chi connectivity index (χ2v) is 4.92. The fourth-order valence-electron chi connectivity index (χ4n) is 2.44. The maximum atomic E-state index is 5.41. The summed E-state index contributed by atoms with van der Waals surface area (Å²) in [7, 11) is 0. The molecule has 2 aromatic heterocycles. The van der Waals surface area contributed by atoms with E-state index >= 15 is 0 Å². The lowest BCUT2D eigenvalue weighted by molar-refractivity contribution is 0.582. The third-order valence-electron chi connectivity index (χ3n) is 3.54. The summed E-state index contributed by atoms with van der Waals surface area (Å²) in [6, 6.07) is 22.0. The number of rotatable bonds is 3. The summed E-state index contributed by atoms with van der Waals surface area (Å²) < 4.78 is 7.24. The molecule has 0 unspecified atom stereocenters. The Morgan fingerprint density at radius 3 is 2.32 bits per heavy atom. The largest absolute Gasteiger partial charge is 0.464 e. The second-order valence-electron chi connectivity index (χ2n) is 4.92. The first kappa shape index (κ1) is 12.6. The molecular weight excluding hydrogens is 274 g/mol. The molecule has 0 aliphatic rings. The minimum atomic E-state index is 0.855. The Hall–Kier alpha value is -3.14. The molecule has 0 aliphatic carbocycles. The van der Waals surface area contributed by atoms with Gasteiger partial charge in [-0.3, -0.25) is 0 Å². The Morgan fingerprint density at radius 1 is 0.773 bits per heavy atom. The predicted octanol–water partition coefficient (Wildman–Crippen LogP) is 4.19. The summed E-state index contributed by atoms with van der Waals surface area (Å²) in [4.78, 5) is 0. The lowest BCUT2D eigenvalue weighted by atomic mass is 10.1. The monoisotopic (exact) mass is 287 g/mol. The van der Waals surface area contributed by atoms with E-state index in [4.69, 9.17) is 4.42 Å². The van der Waals surface area contributed by atoms with E-state index in [0.717, 1.165) is 28.3 Å². The number of hydrogen-bond donors (Lipinski definition) is 0. The van der Waals surface area contributed by atoms with Gasteiger partial charge in [0.1, 0.15) is 5.76 Å². The quantitative estimate of drug-likeness (QED) is 0.567. The number of aromatic nitrogens is 3. The molecule has 4 nitrogen and oxygen atoms in total. The van der Waals surface area contributed by atoms with Crippen LogP contribution in [0.3, 0.4) is 0 Å². The molecule has 0 N–H and O–H groups in total. The van der Waals surface area contributed by atoms with Crippen molar-refractivity contribution in [3.8, 4) is 28.3 Å². The van der Waals surface area contributed by atoms with Crippen LogP contribution in [-0.4, -0.2) is 15.0 Å². The number of benzene rings is 2. The van der Waals surface area contributed by atoms with E-state index < -0.39 is 0 Å². The Bertz CT molecular complexity index is 862. The summed E-state index contributed by atoms with van der Waals surface area (Å²) in [5, 5.41) is 8.24. The van der Waals surface area contributed by atoms with Crippen LogP contribution in [0.2, 0.25) is 0 Å². The van der Waals surface area contributed by atoms with Gasteiger partial charge in [0.15, 0.2) is 0 Å². The molecule has 0 aliphatic heterocycles. The molecule has 0 fully saturated rings. The van der Waals surface area contributed by atoms with E-state index in [1.54, 1.807) is 12.5 Å². The van der Waals surface area contributed by atoms with Crippen molar-refractivity contribution in [1.82, 2.24) is 15.0 Å². The summed E-state index contributed by atoms with van der Waals surface area (Å²) in [6.45, 7) is 0. The fourth-order valence-corrected chi connectivity index (χ4v) is 2.44. The van der Waals surface area contributed by atoms with Crippen molar-refractivity contribution in [2.24, 2.45) is 0 Å². The molecule has 0 saturated heterocycles. The zero-order valence-corrected chi connectivity index (χ0v) is 11.8. The highest BCUT2D eigenvalue weighted by molar-refractivity contribution is 5.63. The maximum Gasteiger partial charge on any atom is 0.133 e. The summed E-state index contributed by atoms with van der Waals surface area (Å²) in [6.07, 6.45) is 3.45. The van der Waals surface area contributed by atoms with E-state index in [2.05, 4.69) is 10.3 Å². The van der Waals surface area contributed by atoms with Crippen molar-refractivity contribution in [3.05, 3.63) is 79.2 Å². The van der Waals surface area contributed by atoms with Crippen LogP contribution in [0.1, 0.15) is 0 Å². The van der Waals surface area contributed by atoms with Gasteiger partial charge in [-0.1, -0.05) is 35.5 Å². The number of nitrogens with zero attached hydrogens (tertiary/aromatic N) is 3. The molecule has 22 heavy (non-hydrogen) atoms. The number of furan rings is 1. The molecule has 2 aromatic carbocycles. The molecule has 0 amide bonds. The number of hydrogen-bond acceptors (Lipinski definition) is 3. The highest BCUT2D eigenvalue weighted by atomic mass is 16.3. The Labute approximate surface area is 127 Å². The van der Waals surface area contributed by atoms with Gasteiger partial charge in [-0.05, 0) is 36.4 Å². The molecule has 0 bridgehead atoms. The molecule has 106 valence electrons. The van der Waals surface area contributed by atoms with E-state index in [-0.39, 0.29) is 0 Å². The first-order chi connectivity index (χ1) is 10.9. The van der Waals surface area contributed by atoms with Crippen molar-refractivity contribution in [3.63, 3.8) is 0 Å². The highest BCUT2D eigenvalue weighted by Crippen LogP contribution is 2.24. The van der Waals surface area contributed by atoms with Gasteiger partial charge in [0.05, 0.1) is 23.8 Å². The Balaban J connectivity index is 1.73. The SMILES string of the molecule is c1ccc(-c2cnnn2-c2ccc(-c3ccco3)cc2)cc1. The zero-order valence-electron chi connectivity index (χ0n) is 11.8. The second kappa shape index (κ2) is 5.33. The molecule has 0 radical (unpaired) electrons. The minimum Gasteiger partial charge on any atom is -0.464 e. The predicted molar refractivity (Wildman–Crippen MR) is 84.5 cm³/mol. The average molecular weight is 287 g/mol. The standard InChI is InChI=1S/C18H13N3O/c1-2-5-14(6-3-1)17-13-19-20-21(17)16-10-8-15(9-11-16)18-7-4-12-22-18/h1-13H. The zero-order chi connectivity index (χ0) is 14.8. The van der Waals surface area contributed by atoms with Crippen LogP contribution in [-0.2, 0) is 0 Å². The summed E-state index contributed by atoms with van der Waals surface area (Å²) in [5.41, 5.74) is 4.05. The summed E-state index contributed by atoms with van der Waals surface area (Å²) >= 11 is 0. The van der Waals surface area contributed by atoms with Gasteiger partial charge in [0.25, 0.3) is 0 Å². The third kappa shape index (κ3) is 2.20. The van der Waals surface area contributed by atoms with Crippen LogP contribution < -0.4 is 0 Å². The van der Waals surface area contributed by atoms with E-state index in [0.29, 0.717) is 0 Å². The molecule has 4 aromatic rings. The van der Waals surface area contributed by atoms with Gasteiger partial charge >= 0.3 is 0 Å². The van der Waals surface area contributed by atoms with Crippen LogP contribution >= 0.6 is 0 Å². The Kier molecular flexibility index (Phi) is 3.05. The first-order valence-corrected chi connectivity index (χ1v) is 7.02. The van der Waals surface area contributed by atoms with E-state index in [9.17, 15) is 0 Å². The van der Waals surface area contributed by atoms with Crippen LogP contribution in [0.15, 0.2) is 83.6 Å². The Morgan fingerprint density at radius 2 is 1.59 bits per heavy atom. The lowest BCUT2D eigenvalue weighted by Crippen LogP contribution is -1.99. The van der Waals surface area contributed by atoms with Gasteiger partial charge in [0, 0.05) is 11.1 Å². The van der Waals surface area contributed by atoms with Gasteiger partial charge in [-0.2, -0.15) is 0 Å². The van der Waals surface area contributed by atoms with Gasteiger partial charge in [0.2, 0.25) is 0 Å². The summed E-state index contributed by atoms with van der Waals surface area (Å²) in [5.74, 6) is 0.855. The molecule has 4 rings (SSSR count). The van der Waals surface area contributed by atoms with Crippen molar-refractivity contribution >= 4 is 0 Å². The van der Waals surface area contributed by atoms with Gasteiger partial charge in [-0.25, -0.2) is 4.68 Å². The van der Waals surface area contributed by atoms with Crippen molar-refractivity contribution in [2.75, 3.05) is 0 Å². The third-order valence-corrected chi connectivity index (χ3v) is 3.54. The van der Waals surface area contributed by atoms with Crippen LogP contribution in [0.4, 0.5) is 0 Å². The molecule has 4 heteroatoms. The fraction of sp³-hybridized carbons (Fsp3) is 0. The topological polar surface area (TPSA) is 43.9 Å². The molecular formula is C18H13N3O. The average Bonchev–Trinajstić information content (AvgIpc) is 3.28. The van der Waals surface area contributed by atoms with Gasteiger partial charge < -0.3 is 4.42 Å². The lowest BCUT2D eigenvalue weighted by Gasteiger charge is -2.07. The molecule has 0 spiro atoms. The van der Waals surface area contributed by atoms with Crippen LogP contribution in [0.25, 0.3) is 28.3 Å². The van der Waals surface area contributed by atoms with Crippen LogP contribution in [0.5, 0.6) is 0 Å². The van der Waals surface area contributed by atoms with Crippen molar-refractivity contribution in [1.29, 1.82) is 0 Å². The molecule has 0 saturated carbocycles.